The van der Waals surface area contributed by atoms with Crippen LogP contribution in [0.4, 0.5) is 0 Å². The number of benzene rings is 1. The molecule has 0 radical (unpaired) electrons. The summed E-state index contributed by atoms with van der Waals surface area (Å²) in [6.07, 6.45) is 0. The molecule has 1 heterocycles. The van der Waals surface area contributed by atoms with Gasteiger partial charge in [0.15, 0.2) is 0 Å². The van der Waals surface area contributed by atoms with Crippen LogP contribution in [0, 0.1) is 6.92 Å². The topological polar surface area (TPSA) is 12.9 Å². The molecule has 78 valence electrons. The quantitative estimate of drug-likeness (QED) is 0.684. The summed E-state index contributed by atoms with van der Waals surface area (Å²) in [7, 11) is 0. The standard InChI is InChI=1S/C11H8Cl3N/c1-6-2-7(5-12)9-3-8(13)4-10(14)11(9)15-6/h2-4H,5H2,1H3. The summed E-state index contributed by atoms with van der Waals surface area (Å²) in [6, 6.07) is 5.48. The van der Waals surface area contributed by atoms with Gasteiger partial charge in [-0.05, 0) is 30.7 Å². The van der Waals surface area contributed by atoms with Gasteiger partial charge >= 0.3 is 0 Å². The summed E-state index contributed by atoms with van der Waals surface area (Å²) >= 11 is 17.9. The van der Waals surface area contributed by atoms with Gasteiger partial charge in [0.25, 0.3) is 0 Å². The van der Waals surface area contributed by atoms with Gasteiger partial charge in [-0.3, -0.25) is 4.98 Å². The number of nitrogens with zero attached hydrogens (tertiary/aromatic N) is 1. The van der Waals surface area contributed by atoms with Gasteiger partial charge in [0, 0.05) is 22.0 Å². The fourth-order valence-electron chi connectivity index (χ4n) is 1.57. The van der Waals surface area contributed by atoms with Gasteiger partial charge in [-0.15, -0.1) is 11.6 Å². The lowest BCUT2D eigenvalue weighted by molar-refractivity contribution is 1.22. The van der Waals surface area contributed by atoms with Gasteiger partial charge in [-0.1, -0.05) is 23.2 Å². The number of hydrogen-bond donors (Lipinski definition) is 0. The molecular formula is C11H8Cl3N. The van der Waals surface area contributed by atoms with Gasteiger partial charge in [0.2, 0.25) is 0 Å². The molecule has 4 heteroatoms. The molecule has 0 bridgehead atoms. The maximum atomic E-state index is 6.07. The van der Waals surface area contributed by atoms with E-state index in [1.807, 2.05) is 19.1 Å². The number of aromatic nitrogens is 1. The first kappa shape index (κ1) is 11.0. The van der Waals surface area contributed by atoms with Crippen LogP contribution in [-0.2, 0) is 5.88 Å². The third kappa shape index (κ3) is 2.05. The highest BCUT2D eigenvalue weighted by atomic mass is 35.5. The molecule has 0 spiro atoms. The Morgan fingerprint density at radius 1 is 1.20 bits per heavy atom. The van der Waals surface area contributed by atoms with Crippen LogP contribution in [0.15, 0.2) is 18.2 Å². The maximum Gasteiger partial charge on any atom is 0.0895 e. The number of rotatable bonds is 1. The summed E-state index contributed by atoms with van der Waals surface area (Å²) in [6.45, 7) is 1.92. The van der Waals surface area contributed by atoms with E-state index in [0.717, 1.165) is 22.2 Å². The SMILES string of the molecule is Cc1cc(CCl)c2cc(Cl)cc(Cl)c2n1. The Balaban J connectivity index is 2.89. The molecule has 2 rings (SSSR count). The summed E-state index contributed by atoms with van der Waals surface area (Å²) < 4.78 is 0. The van der Waals surface area contributed by atoms with Gasteiger partial charge in [-0.2, -0.15) is 0 Å². The van der Waals surface area contributed by atoms with E-state index < -0.39 is 0 Å². The van der Waals surface area contributed by atoms with Crippen molar-refractivity contribution in [3.05, 3.63) is 39.5 Å². The summed E-state index contributed by atoms with van der Waals surface area (Å²) in [5.41, 5.74) is 2.67. The van der Waals surface area contributed by atoms with Crippen LogP contribution in [0.1, 0.15) is 11.3 Å². The Kier molecular flexibility index (Phi) is 3.06. The molecular weight excluding hydrogens is 252 g/mol. The molecule has 2 aromatic rings. The van der Waals surface area contributed by atoms with E-state index in [9.17, 15) is 0 Å². The third-order valence-electron chi connectivity index (χ3n) is 2.19. The zero-order valence-electron chi connectivity index (χ0n) is 8.02. The maximum absolute atomic E-state index is 6.07. The smallest absolute Gasteiger partial charge is 0.0895 e. The third-order valence-corrected chi connectivity index (χ3v) is 2.98. The van der Waals surface area contributed by atoms with Crippen molar-refractivity contribution < 1.29 is 0 Å². The summed E-state index contributed by atoms with van der Waals surface area (Å²) in [4.78, 5) is 4.38. The second-order valence-electron chi connectivity index (χ2n) is 3.34. The molecule has 0 aliphatic rings. The van der Waals surface area contributed by atoms with E-state index in [-0.39, 0.29) is 0 Å². The van der Waals surface area contributed by atoms with Crippen LogP contribution in [0.2, 0.25) is 10.0 Å². The van der Waals surface area contributed by atoms with Crippen LogP contribution in [-0.4, -0.2) is 4.98 Å². The molecule has 0 fully saturated rings. The van der Waals surface area contributed by atoms with E-state index in [1.165, 1.54) is 0 Å². The second kappa shape index (κ2) is 4.17. The molecule has 0 amide bonds. The Bertz CT molecular complexity index is 523. The molecule has 0 aliphatic heterocycles. The van der Waals surface area contributed by atoms with E-state index >= 15 is 0 Å². The average molecular weight is 261 g/mol. The molecule has 0 aliphatic carbocycles. The lowest BCUT2D eigenvalue weighted by Gasteiger charge is -2.07. The second-order valence-corrected chi connectivity index (χ2v) is 4.45. The van der Waals surface area contributed by atoms with Crippen molar-refractivity contribution >= 4 is 45.7 Å². The number of halogens is 3. The number of aryl methyl sites for hydroxylation is 1. The van der Waals surface area contributed by atoms with Crippen molar-refractivity contribution in [3.63, 3.8) is 0 Å². The van der Waals surface area contributed by atoms with E-state index in [0.29, 0.717) is 15.9 Å². The molecule has 1 aromatic carbocycles. The highest BCUT2D eigenvalue weighted by molar-refractivity contribution is 6.38. The molecule has 0 atom stereocenters. The van der Waals surface area contributed by atoms with Crippen LogP contribution in [0.5, 0.6) is 0 Å². The zero-order chi connectivity index (χ0) is 11.0. The summed E-state index contributed by atoms with van der Waals surface area (Å²) in [5, 5.41) is 2.09. The minimum absolute atomic E-state index is 0.427. The van der Waals surface area contributed by atoms with E-state index in [2.05, 4.69) is 4.98 Å². The molecule has 0 saturated carbocycles. The van der Waals surface area contributed by atoms with Gasteiger partial charge < -0.3 is 0 Å². The number of pyridine rings is 1. The minimum atomic E-state index is 0.427. The predicted octanol–water partition coefficient (Wildman–Crippen LogP) is 4.59. The first-order valence-electron chi connectivity index (χ1n) is 4.43. The van der Waals surface area contributed by atoms with E-state index in [4.69, 9.17) is 34.8 Å². The highest BCUT2D eigenvalue weighted by Gasteiger charge is 2.07. The monoisotopic (exact) mass is 259 g/mol. The van der Waals surface area contributed by atoms with Crippen LogP contribution in [0.3, 0.4) is 0 Å². The van der Waals surface area contributed by atoms with Crippen molar-refractivity contribution in [3.8, 4) is 0 Å². The Morgan fingerprint density at radius 3 is 2.60 bits per heavy atom. The van der Waals surface area contributed by atoms with Gasteiger partial charge in [0.1, 0.15) is 0 Å². The average Bonchev–Trinajstić information content (AvgIpc) is 2.18. The van der Waals surface area contributed by atoms with Crippen LogP contribution in [0.25, 0.3) is 10.9 Å². The van der Waals surface area contributed by atoms with Gasteiger partial charge in [-0.25, -0.2) is 0 Å². The first-order chi connectivity index (χ1) is 7.11. The normalized spacial score (nSPS) is 10.9. The van der Waals surface area contributed by atoms with Crippen LogP contribution < -0.4 is 0 Å². The Labute approximate surface area is 103 Å². The molecule has 0 N–H and O–H groups in total. The van der Waals surface area contributed by atoms with Crippen molar-refractivity contribution in [1.82, 2.24) is 4.98 Å². The first-order valence-corrected chi connectivity index (χ1v) is 5.72. The molecule has 0 saturated heterocycles. The lowest BCUT2D eigenvalue weighted by Crippen LogP contribution is -1.90. The molecule has 1 nitrogen and oxygen atoms in total. The molecule has 15 heavy (non-hydrogen) atoms. The molecule has 0 unspecified atom stereocenters. The minimum Gasteiger partial charge on any atom is -0.252 e. The Morgan fingerprint density at radius 2 is 1.93 bits per heavy atom. The van der Waals surface area contributed by atoms with Crippen molar-refractivity contribution in [2.75, 3.05) is 0 Å². The lowest BCUT2D eigenvalue weighted by atomic mass is 10.1. The van der Waals surface area contributed by atoms with Crippen molar-refractivity contribution in [1.29, 1.82) is 0 Å². The number of fused-ring (bicyclic) bond motifs is 1. The number of hydrogen-bond acceptors (Lipinski definition) is 1. The van der Waals surface area contributed by atoms with E-state index in [1.54, 1.807) is 6.07 Å². The van der Waals surface area contributed by atoms with Crippen molar-refractivity contribution in [2.24, 2.45) is 0 Å². The van der Waals surface area contributed by atoms with Gasteiger partial charge in [0.05, 0.1) is 10.5 Å². The zero-order valence-corrected chi connectivity index (χ0v) is 10.3. The van der Waals surface area contributed by atoms with Crippen LogP contribution >= 0.6 is 34.8 Å². The highest BCUT2D eigenvalue weighted by Crippen LogP contribution is 2.29. The Hall–Kier alpha value is -0.500. The fraction of sp³-hybridized carbons (Fsp3) is 0.182. The molecule has 1 aromatic heterocycles. The number of alkyl halides is 1. The fourth-order valence-corrected chi connectivity index (χ4v) is 2.33. The summed E-state index contributed by atoms with van der Waals surface area (Å²) in [5.74, 6) is 0.427. The van der Waals surface area contributed by atoms with Crippen molar-refractivity contribution in [2.45, 2.75) is 12.8 Å². The largest absolute Gasteiger partial charge is 0.252 e. The predicted molar refractivity (Wildman–Crippen MR) is 66.1 cm³/mol.